The van der Waals surface area contributed by atoms with Crippen LogP contribution in [0.2, 0.25) is 0 Å². The van der Waals surface area contributed by atoms with Crippen LogP contribution in [-0.2, 0) is 0 Å². The number of aromatic nitrogens is 2. The number of hydrogen-bond acceptors (Lipinski definition) is 3. The van der Waals surface area contributed by atoms with Crippen molar-refractivity contribution in [3.63, 3.8) is 0 Å². The molecule has 8 aromatic rings. The van der Waals surface area contributed by atoms with Crippen molar-refractivity contribution in [2.75, 3.05) is 0 Å². The van der Waals surface area contributed by atoms with E-state index < -0.39 is 0 Å². The largest absolute Gasteiger partial charge is 0.455 e. The fourth-order valence-corrected chi connectivity index (χ4v) is 5.46. The third-order valence-electron chi connectivity index (χ3n) is 7.26. The summed E-state index contributed by atoms with van der Waals surface area (Å²) in [5, 5.41) is 7.82. The van der Waals surface area contributed by atoms with E-state index in [4.69, 9.17) is 14.4 Å². The van der Waals surface area contributed by atoms with Crippen LogP contribution in [0.3, 0.4) is 0 Å². The molecule has 0 saturated carbocycles. The predicted molar refractivity (Wildman–Crippen MR) is 153 cm³/mol. The van der Waals surface area contributed by atoms with E-state index >= 15 is 0 Å². The molecule has 6 aromatic carbocycles. The van der Waals surface area contributed by atoms with Gasteiger partial charge in [0, 0.05) is 38.1 Å². The van der Waals surface area contributed by atoms with Crippen LogP contribution in [0.5, 0.6) is 0 Å². The summed E-state index contributed by atoms with van der Waals surface area (Å²) in [6.45, 7) is 0. The van der Waals surface area contributed by atoms with Gasteiger partial charge in [0.1, 0.15) is 11.2 Å². The van der Waals surface area contributed by atoms with Gasteiger partial charge in [-0.3, -0.25) is 0 Å². The van der Waals surface area contributed by atoms with Crippen molar-refractivity contribution in [3.05, 3.63) is 121 Å². The van der Waals surface area contributed by atoms with Gasteiger partial charge in [-0.05, 0) is 41.1 Å². The number of hydrogen-bond donors (Lipinski definition) is 0. The lowest BCUT2D eigenvalue weighted by molar-refractivity contribution is 0.672. The van der Waals surface area contributed by atoms with Crippen LogP contribution < -0.4 is 0 Å². The van der Waals surface area contributed by atoms with Gasteiger partial charge in [0.25, 0.3) is 0 Å². The molecule has 0 bridgehead atoms. The molecular weight excluding hydrogens is 452 g/mol. The number of rotatable bonds is 2. The van der Waals surface area contributed by atoms with E-state index in [-0.39, 0.29) is 0 Å². The second-order valence-electron chi connectivity index (χ2n) is 9.42. The van der Waals surface area contributed by atoms with Gasteiger partial charge in [0.15, 0.2) is 5.82 Å². The lowest BCUT2D eigenvalue weighted by Crippen LogP contribution is -1.96. The van der Waals surface area contributed by atoms with Crippen LogP contribution in [0.15, 0.2) is 126 Å². The molecule has 3 heteroatoms. The molecule has 2 heterocycles. The Morgan fingerprint density at radius 3 is 2.11 bits per heavy atom. The Morgan fingerprint density at radius 1 is 0.459 bits per heavy atom. The van der Waals surface area contributed by atoms with E-state index in [0.717, 1.165) is 65.8 Å². The highest BCUT2D eigenvalue weighted by Gasteiger charge is 2.15. The zero-order valence-corrected chi connectivity index (χ0v) is 19.8. The first-order chi connectivity index (χ1) is 18.3. The third kappa shape index (κ3) is 3.08. The van der Waals surface area contributed by atoms with Gasteiger partial charge in [0.2, 0.25) is 0 Å². The van der Waals surface area contributed by atoms with Crippen LogP contribution in [-0.4, -0.2) is 9.97 Å². The minimum Gasteiger partial charge on any atom is -0.455 e. The van der Waals surface area contributed by atoms with Crippen molar-refractivity contribution in [1.82, 2.24) is 9.97 Å². The zero-order chi connectivity index (χ0) is 24.3. The molecule has 0 radical (unpaired) electrons. The van der Waals surface area contributed by atoms with Gasteiger partial charge in [-0.2, -0.15) is 0 Å². The summed E-state index contributed by atoms with van der Waals surface area (Å²) in [6, 6.07) is 42.0. The Morgan fingerprint density at radius 2 is 1.19 bits per heavy atom. The van der Waals surface area contributed by atoms with Crippen molar-refractivity contribution < 1.29 is 4.42 Å². The van der Waals surface area contributed by atoms with Gasteiger partial charge in [-0.25, -0.2) is 9.97 Å². The minimum atomic E-state index is 0.717. The molecule has 0 aliphatic heterocycles. The SMILES string of the molecule is c1ccc(-c2nc(-c3ccc4c(ccc5c6ccccc6oc45)c3)nc3c2ccc2ccccc23)cc1. The molecule has 37 heavy (non-hydrogen) atoms. The van der Waals surface area contributed by atoms with E-state index in [2.05, 4.69) is 103 Å². The number of fused-ring (bicyclic) bond motifs is 8. The van der Waals surface area contributed by atoms with E-state index in [9.17, 15) is 0 Å². The Hall–Kier alpha value is -5.02. The average Bonchev–Trinajstić information content (AvgIpc) is 3.36. The second kappa shape index (κ2) is 7.74. The van der Waals surface area contributed by atoms with Crippen molar-refractivity contribution >= 4 is 54.4 Å². The molecular formula is C34H20N2O. The van der Waals surface area contributed by atoms with Gasteiger partial charge in [-0.1, -0.05) is 91.0 Å². The molecule has 0 aliphatic carbocycles. The molecule has 0 amide bonds. The summed E-state index contributed by atoms with van der Waals surface area (Å²) < 4.78 is 6.26. The molecule has 0 unspecified atom stereocenters. The Kier molecular flexibility index (Phi) is 4.23. The highest BCUT2D eigenvalue weighted by atomic mass is 16.3. The molecule has 0 fully saturated rings. The number of nitrogens with zero attached hydrogens (tertiary/aromatic N) is 2. The standard InChI is InChI=1S/C34H20N2O/c1-2-9-22(10-3-1)31-29-19-14-21-8-4-5-11-25(21)32(29)36-34(35-31)24-16-17-26-23(20-24)15-18-28-27-12-6-7-13-30(27)37-33(26)28/h1-20H. The third-order valence-corrected chi connectivity index (χ3v) is 7.26. The Labute approximate surface area is 212 Å². The summed E-state index contributed by atoms with van der Waals surface area (Å²) in [5.74, 6) is 0.717. The normalized spacial score (nSPS) is 11.8. The summed E-state index contributed by atoms with van der Waals surface area (Å²) in [6.07, 6.45) is 0. The maximum absolute atomic E-state index is 6.26. The number of para-hydroxylation sites is 1. The first kappa shape index (κ1) is 20.2. The highest BCUT2D eigenvalue weighted by molar-refractivity contribution is 6.15. The number of furan rings is 1. The van der Waals surface area contributed by atoms with Crippen LogP contribution in [0.4, 0.5) is 0 Å². The fraction of sp³-hybridized carbons (Fsp3) is 0. The molecule has 8 rings (SSSR count). The first-order valence-corrected chi connectivity index (χ1v) is 12.4. The van der Waals surface area contributed by atoms with Crippen molar-refractivity contribution in [2.24, 2.45) is 0 Å². The highest BCUT2D eigenvalue weighted by Crippen LogP contribution is 2.37. The quantitative estimate of drug-likeness (QED) is 0.235. The first-order valence-electron chi connectivity index (χ1n) is 12.4. The molecule has 0 N–H and O–H groups in total. The topological polar surface area (TPSA) is 38.9 Å². The lowest BCUT2D eigenvalue weighted by atomic mass is 10.0. The molecule has 0 aliphatic rings. The van der Waals surface area contributed by atoms with Gasteiger partial charge in [-0.15, -0.1) is 0 Å². The van der Waals surface area contributed by atoms with Gasteiger partial charge < -0.3 is 4.42 Å². The van der Waals surface area contributed by atoms with Crippen molar-refractivity contribution in [3.8, 4) is 22.6 Å². The maximum Gasteiger partial charge on any atom is 0.160 e. The summed E-state index contributed by atoms with van der Waals surface area (Å²) in [5.41, 5.74) is 5.80. The second-order valence-corrected chi connectivity index (χ2v) is 9.42. The van der Waals surface area contributed by atoms with Crippen molar-refractivity contribution in [2.45, 2.75) is 0 Å². The molecule has 172 valence electrons. The van der Waals surface area contributed by atoms with E-state index in [1.165, 1.54) is 5.39 Å². The minimum absolute atomic E-state index is 0.717. The molecule has 3 nitrogen and oxygen atoms in total. The lowest BCUT2D eigenvalue weighted by Gasteiger charge is -2.12. The summed E-state index contributed by atoms with van der Waals surface area (Å²) in [7, 11) is 0. The average molecular weight is 473 g/mol. The fourth-order valence-electron chi connectivity index (χ4n) is 5.46. The van der Waals surface area contributed by atoms with Crippen LogP contribution in [0.25, 0.3) is 77.0 Å². The molecule has 2 aromatic heterocycles. The summed E-state index contributed by atoms with van der Waals surface area (Å²) >= 11 is 0. The van der Waals surface area contributed by atoms with E-state index in [1.54, 1.807) is 0 Å². The van der Waals surface area contributed by atoms with E-state index in [0.29, 0.717) is 5.82 Å². The van der Waals surface area contributed by atoms with Crippen LogP contribution in [0.1, 0.15) is 0 Å². The maximum atomic E-state index is 6.26. The van der Waals surface area contributed by atoms with E-state index in [1.807, 2.05) is 18.2 Å². The number of benzene rings is 6. The molecule has 0 atom stereocenters. The van der Waals surface area contributed by atoms with Crippen molar-refractivity contribution in [1.29, 1.82) is 0 Å². The van der Waals surface area contributed by atoms with Crippen LogP contribution in [0, 0.1) is 0 Å². The zero-order valence-electron chi connectivity index (χ0n) is 19.8. The molecule has 0 saturated heterocycles. The predicted octanol–water partition coefficient (Wildman–Crippen LogP) is 9.17. The monoisotopic (exact) mass is 472 g/mol. The van der Waals surface area contributed by atoms with Crippen LogP contribution >= 0.6 is 0 Å². The van der Waals surface area contributed by atoms with Gasteiger partial charge >= 0.3 is 0 Å². The smallest absolute Gasteiger partial charge is 0.160 e. The molecule has 0 spiro atoms. The Bertz CT molecular complexity index is 2140. The Balaban J connectivity index is 1.40. The van der Waals surface area contributed by atoms with Gasteiger partial charge in [0.05, 0.1) is 11.2 Å². The summed E-state index contributed by atoms with van der Waals surface area (Å²) in [4.78, 5) is 10.2.